The van der Waals surface area contributed by atoms with Gasteiger partial charge in [-0.1, -0.05) is 36.2 Å². The molecule has 1 aliphatic heterocycles. The van der Waals surface area contributed by atoms with E-state index in [4.69, 9.17) is 23.2 Å². The van der Waals surface area contributed by atoms with E-state index in [-0.39, 0.29) is 13.1 Å². The molecule has 0 spiro atoms. The molecular formula is C13H12Cl2N2O3. The van der Waals surface area contributed by atoms with Gasteiger partial charge in [-0.05, 0) is 24.1 Å². The van der Waals surface area contributed by atoms with Crippen molar-refractivity contribution in [2.24, 2.45) is 0 Å². The number of hydrogen-bond donors (Lipinski definition) is 0. The van der Waals surface area contributed by atoms with Gasteiger partial charge in [-0.3, -0.25) is 19.4 Å². The summed E-state index contributed by atoms with van der Waals surface area (Å²) in [7, 11) is 0. The average molecular weight is 315 g/mol. The third-order valence-electron chi connectivity index (χ3n) is 2.93. The van der Waals surface area contributed by atoms with Gasteiger partial charge in [0.05, 0.1) is 6.54 Å². The third-order valence-corrected chi connectivity index (χ3v) is 3.51. The van der Waals surface area contributed by atoms with Crippen LogP contribution in [0.15, 0.2) is 18.2 Å². The molecule has 4 amide bonds. The van der Waals surface area contributed by atoms with Crippen LogP contribution in [-0.2, 0) is 16.1 Å². The second kappa shape index (κ2) is 5.81. The fourth-order valence-corrected chi connectivity index (χ4v) is 2.40. The Morgan fingerprint density at radius 3 is 2.30 bits per heavy atom. The van der Waals surface area contributed by atoms with Gasteiger partial charge in [0, 0.05) is 16.6 Å². The number of carbonyl (C=O) groups is 3. The Bertz CT molecular complexity index is 589. The molecule has 0 aliphatic carbocycles. The van der Waals surface area contributed by atoms with Crippen LogP contribution in [0.2, 0.25) is 10.0 Å². The Morgan fingerprint density at radius 1 is 1.05 bits per heavy atom. The molecule has 1 aliphatic rings. The number of imide groups is 2. The van der Waals surface area contributed by atoms with Crippen LogP contribution in [0.25, 0.3) is 0 Å². The molecule has 0 N–H and O–H groups in total. The van der Waals surface area contributed by atoms with Crippen molar-refractivity contribution >= 4 is 41.0 Å². The average Bonchev–Trinajstić information content (AvgIpc) is 2.59. The zero-order chi connectivity index (χ0) is 14.9. The Labute approximate surface area is 126 Å². The summed E-state index contributed by atoms with van der Waals surface area (Å²) in [5.41, 5.74) is 0.559. The number of benzene rings is 1. The van der Waals surface area contributed by atoms with Crippen molar-refractivity contribution in [2.45, 2.75) is 19.9 Å². The van der Waals surface area contributed by atoms with Gasteiger partial charge in [0.1, 0.15) is 0 Å². The highest BCUT2D eigenvalue weighted by molar-refractivity contribution is 6.44. The van der Waals surface area contributed by atoms with E-state index in [1.807, 2.05) is 6.92 Å². The summed E-state index contributed by atoms with van der Waals surface area (Å²) < 4.78 is 0. The lowest BCUT2D eigenvalue weighted by atomic mass is 10.2. The maximum Gasteiger partial charge on any atom is 0.334 e. The Balaban J connectivity index is 2.23. The predicted octanol–water partition coefficient (Wildman–Crippen LogP) is 2.69. The van der Waals surface area contributed by atoms with E-state index >= 15 is 0 Å². The zero-order valence-corrected chi connectivity index (χ0v) is 12.2. The number of hydrogen-bond acceptors (Lipinski definition) is 3. The molecule has 20 heavy (non-hydrogen) atoms. The van der Waals surface area contributed by atoms with Crippen LogP contribution < -0.4 is 0 Å². The molecule has 1 fully saturated rings. The lowest BCUT2D eigenvalue weighted by Crippen LogP contribution is -2.33. The largest absolute Gasteiger partial charge is 0.334 e. The fraction of sp³-hybridized carbons (Fsp3) is 0.308. The summed E-state index contributed by atoms with van der Waals surface area (Å²) in [6.07, 6.45) is 0.598. The van der Waals surface area contributed by atoms with Crippen LogP contribution in [-0.4, -0.2) is 34.2 Å². The van der Waals surface area contributed by atoms with Crippen molar-refractivity contribution < 1.29 is 14.4 Å². The molecule has 0 unspecified atom stereocenters. The van der Waals surface area contributed by atoms with Crippen LogP contribution in [0.1, 0.15) is 18.9 Å². The maximum atomic E-state index is 12.0. The van der Waals surface area contributed by atoms with Crippen molar-refractivity contribution in [3.05, 3.63) is 33.8 Å². The second-order valence-electron chi connectivity index (χ2n) is 4.37. The number of carbonyl (C=O) groups excluding carboxylic acids is 3. The van der Waals surface area contributed by atoms with Crippen molar-refractivity contribution in [2.75, 3.05) is 6.54 Å². The van der Waals surface area contributed by atoms with E-state index in [0.29, 0.717) is 22.0 Å². The van der Waals surface area contributed by atoms with E-state index in [9.17, 15) is 14.4 Å². The number of urea groups is 1. The SMILES string of the molecule is CCCN1C(=O)C(=O)N(Cc2ccc(Cl)cc2Cl)C1=O. The minimum atomic E-state index is -0.825. The fourth-order valence-electron chi connectivity index (χ4n) is 1.93. The smallest absolute Gasteiger partial charge is 0.263 e. The summed E-state index contributed by atoms with van der Waals surface area (Å²) >= 11 is 11.8. The zero-order valence-electron chi connectivity index (χ0n) is 10.7. The third kappa shape index (κ3) is 2.64. The molecule has 1 saturated heterocycles. The summed E-state index contributed by atoms with van der Waals surface area (Å²) in [5.74, 6) is -1.61. The van der Waals surface area contributed by atoms with Gasteiger partial charge in [0.2, 0.25) is 0 Å². The first kappa shape index (κ1) is 14.8. The van der Waals surface area contributed by atoms with E-state index in [0.717, 1.165) is 9.80 Å². The van der Waals surface area contributed by atoms with Crippen LogP contribution >= 0.6 is 23.2 Å². The Morgan fingerprint density at radius 2 is 1.70 bits per heavy atom. The van der Waals surface area contributed by atoms with E-state index < -0.39 is 17.8 Å². The first-order valence-electron chi connectivity index (χ1n) is 6.07. The standard InChI is InChI=1S/C13H12Cl2N2O3/c1-2-5-16-11(18)12(19)17(13(16)20)7-8-3-4-9(14)6-10(8)15/h3-4,6H,2,5,7H2,1H3. The molecule has 0 atom stereocenters. The predicted molar refractivity (Wildman–Crippen MR) is 74.4 cm³/mol. The van der Waals surface area contributed by atoms with Crippen molar-refractivity contribution in [3.63, 3.8) is 0 Å². The van der Waals surface area contributed by atoms with E-state index in [1.165, 1.54) is 6.07 Å². The molecule has 0 aromatic heterocycles. The van der Waals surface area contributed by atoms with Crippen LogP contribution in [0.5, 0.6) is 0 Å². The van der Waals surface area contributed by atoms with E-state index in [2.05, 4.69) is 0 Å². The molecule has 106 valence electrons. The van der Waals surface area contributed by atoms with Crippen molar-refractivity contribution in [1.82, 2.24) is 9.80 Å². The molecule has 0 saturated carbocycles. The van der Waals surface area contributed by atoms with Gasteiger partial charge in [0.15, 0.2) is 0 Å². The Kier molecular flexibility index (Phi) is 4.30. The molecule has 0 bridgehead atoms. The second-order valence-corrected chi connectivity index (χ2v) is 5.21. The molecule has 1 aromatic rings. The molecule has 1 aromatic carbocycles. The molecule has 1 heterocycles. The summed E-state index contributed by atoms with van der Waals surface area (Å²) in [5, 5.41) is 0.806. The first-order valence-corrected chi connectivity index (χ1v) is 6.82. The first-order chi connectivity index (χ1) is 9.45. The van der Waals surface area contributed by atoms with Crippen molar-refractivity contribution in [3.8, 4) is 0 Å². The molecule has 0 radical (unpaired) electrons. The van der Waals surface area contributed by atoms with Gasteiger partial charge in [-0.25, -0.2) is 4.79 Å². The lowest BCUT2D eigenvalue weighted by Gasteiger charge is -2.15. The van der Waals surface area contributed by atoms with Crippen LogP contribution in [0.4, 0.5) is 4.79 Å². The highest BCUT2D eigenvalue weighted by Crippen LogP contribution is 2.24. The number of halogens is 2. The van der Waals surface area contributed by atoms with Crippen molar-refractivity contribution in [1.29, 1.82) is 0 Å². The molecule has 5 nitrogen and oxygen atoms in total. The van der Waals surface area contributed by atoms with Gasteiger partial charge >= 0.3 is 17.8 Å². The quantitative estimate of drug-likeness (QED) is 0.634. The maximum absolute atomic E-state index is 12.0. The molecule has 7 heteroatoms. The summed E-state index contributed by atoms with van der Waals surface area (Å²) in [6.45, 7) is 2.01. The monoisotopic (exact) mass is 314 g/mol. The summed E-state index contributed by atoms with van der Waals surface area (Å²) in [4.78, 5) is 37.4. The number of rotatable bonds is 4. The number of amides is 4. The minimum absolute atomic E-state index is 0.0420. The van der Waals surface area contributed by atoms with Gasteiger partial charge in [-0.2, -0.15) is 0 Å². The van der Waals surface area contributed by atoms with E-state index in [1.54, 1.807) is 12.1 Å². The van der Waals surface area contributed by atoms with Gasteiger partial charge in [-0.15, -0.1) is 0 Å². The molecule has 2 rings (SSSR count). The van der Waals surface area contributed by atoms with Gasteiger partial charge in [0.25, 0.3) is 0 Å². The highest BCUT2D eigenvalue weighted by Gasteiger charge is 2.43. The molecular weight excluding hydrogens is 303 g/mol. The van der Waals surface area contributed by atoms with Gasteiger partial charge < -0.3 is 0 Å². The minimum Gasteiger partial charge on any atom is -0.263 e. The lowest BCUT2D eigenvalue weighted by molar-refractivity contribution is -0.143. The Hall–Kier alpha value is -1.59. The number of nitrogens with zero attached hydrogens (tertiary/aromatic N) is 2. The van der Waals surface area contributed by atoms with Crippen LogP contribution in [0, 0.1) is 0 Å². The summed E-state index contributed by atoms with van der Waals surface area (Å²) in [6, 6.07) is 4.15. The normalized spacial score (nSPS) is 15.4. The van der Waals surface area contributed by atoms with Crippen LogP contribution in [0.3, 0.4) is 0 Å². The highest BCUT2D eigenvalue weighted by atomic mass is 35.5. The topological polar surface area (TPSA) is 57.7 Å².